The molecule has 0 aromatic heterocycles. The highest BCUT2D eigenvalue weighted by Gasteiger charge is 2.21. The Kier molecular flexibility index (Phi) is 6.92. The molecule has 1 saturated heterocycles. The van der Waals surface area contributed by atoms with E-state index in [9.17, 15) is 4.79 Å². The number of carbonyl (C=O) groups excluding carboxylic acids is 1. The van der Waals surface area contributed by atoms with E-state index in [4.69, 9.17) is 9.47 Å². The van der Waals surface area contributed by atoms with Crippen LogP contribution < -0.4 is 14.8 Å². The first-order chi connectivity index (χ1) is 14.6. The van der Waals surface area contributed by atoms with E-state index in [-0.39, 0.29) is 5.91 Å². The van der Waals surface area contributed by atoms with Gasteiger partial charge < -0.3 is 14.8 Å². The molecule has 0 radical (unpaired) electrons. The number of ether oxygens (including phenoxy) is 2. The molecule has 1 amide bonds. The number of halogens is 1. The van der Waals surface area contributed by atoms with Gasteiger partial charge in [-0.1, -0.05) is 41.1 Å². The molecule has 2 aliphatic rings. The van der Waals surface area contributed by atoms with Gasteiger partial charge in [-0.3, -0.25) is 14.6 Å². The summed E-state index contributed by atoms with van der Waals surface area (Å²) in [5.74, 6) is 1.68. The zero-order valence-corrected chi connectivity index (χ0v) is 18.9. The molecular weight excluding hydrogens is 446 g/mol. The molecule has 160 valence electrons. The van der Waals surface area contributed by atoms with Crippen molar-refractivity contribution in [3.8, 4) is 11.5 Å². The lowest BCUT2D eigenvalue weighted by atomic mass is 10.1. The minimum Gasteiger partial charge on any atom is -0.486 e. The van der Waals surface area contributed by atoms with E-state index in [0.29, 0.717) is 19.8 Å². The largest absolute Gasteiger partial charge is 0.486 e. The molecule has 0 bridgehead atoms. The van der Waals surface area contributed by atoms with Crippen molar-refractivity contribution in [2.24, 2.45) is 0 Å². The summed E-state index contributed by atoms with van der Waals surface area (Å²) in [6, 6.07) is 12.1. The minimum absolute atomic E-state index is 0.0546. The Labute approximate surface area is 186 Å². The van der Waals surface area contributed by atoms with Crippen molar-refractivity contribution in [3.05, 3.63) is 52.0 Å². The van der Waals surface area contributed by atoms with Gasteiger partial charge in [0.15, 0.2) is 11.5 Å². The van der Waals surface area contributed by atoms with Crippen LogP contribution in [0.3, 0.4) is 0 Å². The normalized spacial score (nSPS) is 17.0. The lowest BCUT2D eigenvalue weighted by molar-refractivity contribution is -0.117. The third kappa shape index (κ3) is 5.14. The van der Waals surface area contributed by atoms with E-state index < -0.39 is 0 Å². The molecule has 2 aromatic carbocycles. The van der Waals surface area contributed by atoms with Gasteiger partial charge in [0, 0.05) is 42.9 Å². The Hall–Kier alpha value is -2.09. The number of benzene rings is 2. The smallest absolute Gasteiger partial charge is 0.238 e. The predicted octanol–water partition coefficient (Wildman–Crippen LogP) is 3.54. The number of nitrogens with one attached hydrogen (secondary N) is 1. The standard InChI is InChI=1S/C23H28BrN3O3/c1-2-17-5-3-4-6-20(17)25-23(28)16-27-9-7-26(8-10-27)15-18-13-21-22(14-19(18)24)30-12-11-29-21/h3-6,13-14H,2,7-12,15-16H2,1H3,(H,25,28). The monoisotopic (exact) mass is 473 g/mol. The number of hydrogen-bond donors (Lipinski definition) is 1. The third-order valence-electron chi connectivity index (χ3n) is 5.61. The average Bonchev–Trinajstić information content (AvgIpc) is 2.76. The Bertz CT molecular complexity index is 897. The number of amides is 1. The molecule has 0 saturated carbocycles. The lowest BCUT2D eigenvalue weighted by Crippen LogP contribution is -2.48. The first-order valence-electron chi connectivity index (χ1n) is 10.5. The molecule has 1 fully saturated rings. The van der Waals surface area contributed by atoms with E-state index in [1.807, 2.05) is 24.3 Å². The van der Waals surface area contributed by atoms with Crippen molar-refractivity contribution in [1.29, 1.82) is 0 Å². The summed E-state index contributed by atoms with van der Waals surface area (Å²) in [4.78, 5) is 17.1. The minimum atomic E-state index is 0.0546. The molecule has 0 spiro atoms. The number of hydrogen-bond acceptors (Lipinski definition) is 5. The Balaban J connectivity index is 1.27. The first-order valence-corrected chi connectivity index (χ1v) is 11.3. The molecule has 2 aromatic rings. The zero-order valence-electron chi connectivity index (χ0n) is 17.3. The van der Waals surface area contributed by atoms with Crippen LogP contribution in [-0.2, 0) is 17.8 Å². The average molecular weight is 474 g/mol. The van der Waals surface area contributed by atoms with Crippen LogP contribution in [-0.4, -0.2) is 61.6 Å². The second-order valence-corrected chi connectivity index (χ2v) is 8.55. The second-order valence-electron chi connectivity index (χ2n) is 7.70. The highest BCUT2D eigenvalue weighted by Crippen LogP contribution is 2.36. The van der Waals surface area contributed by atoms with Gasteiger partial charge in [-0.05, 0) is 35.7 Å². The Morgan fingerprint density at radius 2 is 1.67 bits per heavy atom. The molecule has 0 aliphatic carbocycles. The summed E-state index contributed by atoms with van der Waals surface area (Å²) in [6.07, 6.45) is 0.907. The van der Waals surface area contributed by atoms with Gasteiger partial charge in [0.25, 0.3) is 0 Å². The van der Waals surface area contributed by atoms with E-state index in [2.05, 4.69) is 50.1 Å². The molecule has 2 heterocycles. The van der Waals surface area contributed by atoms with Gasteiger partial charge >= 0.3 is 0 Å². The van der Waals surface area contributed by atoms with Gasteiger partial charge in [-0.2, -0.15) is 0 Å². The van der Waals surface area contributed by atoms with Gasteiger partial charge in [0.1, 0.15) is 13.2 Å². The summed E-state index contributed by atoms with van der Waals surface area (Å²) in [6.45, 7) is 8.19. The van der Waals surface area contributed by atoms with E-state index in [1.165, 1.54) is 11.1 Å². The maximum atomic E-state index is 12.5. The van der Waals surface area contributed by atoms with Crippen LogP contribution in [0, 0.1) is 0 Å². The molecule has 30 heavy (non-hydrogen) atoms. The summed E-state index contributed by atoms with van der Waals surface area (Å²) in [5.41, 5.74) is 3.29. The summed E-state index contributed by atoms with van der Waals surface area (Å²) in [7, 11) is 0. The van der Waals surface area contributed by atoms with Crippen molar-refractivity contribution >= 4 is 27.5 Å². The van der Waals surface area contributed by atoms with Gasteiger partial charge in [0.2, 0.25) is 5.91 Å². The van der Waals surface area contributed by atoms with Crippen molar-refractivity contribution in [2.45, 2.75) is 19.9 Å². The molecule has 0 atom stereocenters. The molecule has 1 N–H and O–H groups in total. The van der Waals surface area contributed by atoms with Crippen LogP contribution in [0.5, 0.6) is 11.5 Å². The van der Waals surface area contributed by atoms with Crippen LogP contribution in [0.15, 0.2) is 40.9 Å². The van der Waals surface area contributed by atoms with Gasteiger partial charge in [0.05, 0.1) is 6.54 Å². The second kappa shape index (κ2) is 9.81. The topological polar surface area (TPSA) is 54.0 Å². The molecule has 4 rings (SSSR count). The maximum absolute atomic E-state index is 12.5. The molecule has 0 unspecified atom stereocenters. The van der Waals surface area contributed by atoms with Crippen LogP contribution in [0.25, 0.3) is 0 Å². The fourth-order valence-corrected chi connectivity index (χ4v) is 4.36. The van der Waals surface area contributed by atoms with E-state index in [0.717, 1.165) is 60.8 Å². The summed E-state index contributed by atoms with van der Waals surface area (Å²) < 4.78 is 12.4. The Morgan fingerprint density at radius 3 is 2.40 bits per heavy atom. The van der Waals surface area contributed by atoms with Crippen LogP contribution in [0.4, 0.5) is 5.69 Å². The zero-order chi connectivity index (χ0) is 20.9. The molecular formula is C23H28BrN3O3. The molecule has 7 heteroatoms. The van der Waals surface area contributed by atoms with Gasteiger partial charge in [-0.15, -0.1) is 0 Å². The van der Waals surface area contributed by atoms with E-state index >= 15 is 0 Å². The van der Waals surface area contributed by atoms with E-state index in [1.54, 1.807) is 0 Å². The highest BCUT2D eigenvalue weighted by atomic mass is 79.9. The van der Waals surface area contributed by atoms with Crippen molar-refractivity contribution in [3.63, 3.8) is 0 Å². The van der Waals surface area contributed by atoms with Crippen LogP contribution in [0.1, 0.15) is 18.1 Å². The quantitative estimate of drug-likeness (QED) is 0.695. The number of anilines is 1. The third-order valence-corrected chi connectivity index (χ3v) is 6.35. The molecule has 2 aliphatic heterocycles. The highest BCUT2D eigenvalue weighted by molar-refractivity contribution is 9.10. The number of piperazine rings is 1. The molecule has 6 nitrogen and oxygen atoms in total. The fourth-order valence-electron chi connectivity index (χ4n) is 3.92. The fraction of sp³-hybridized carbons (Fsp3) is 0.435. The SMILES string of the molecule is CCc1ccccc1NC(=O)CN1CCN(Cc2cc3c(cc2Br)OCCO3)CC1. The number of para-hydroxylation sites is 1. The van der Waals surface area contributed by atoms with Crippen LogP contribution in [0.2, 0.25) is 0 Å². The Morgan fingerprint density at radius 1 is 1.00 bits per heavy atom. The van der Waals surface area contributed by atoms with Crippen LogP contribution >= 0.6 is 15.9 Å². The number of fused-ring (bicyclic) bond motifs is 1. The maximum Gasteiger partial charge on any atom is 0.238 e. The van der Waals surface area contributed by atoms with Gasteiger partial charge in [-0.25, -0.2) is 0 Å². The van der Waals surface area contributed by atoms with Crippen molar-refractivity contribution in [1.82, 2.24) is 9.80 Å². The summed E-state index contributed by atoms with van der Waals surface area (Å²) >= 11 is 3.66. The number of nitrogens with zero attached hydrogens (tertiary/aromatic N) is 2. The van der Waals surface area contributed by atoms with Crippen molar-refractivity contribution < 1.29 is 14.3 Å². The number of aryl methyl sites for hydroxylation is 1. The number of carbonyl (C=O) groups is 1. The predicted molar refractivity (Wildman–Crippen MR) is 121 cm³/mol. The first kappa shape index (κ1) is 21.2. The van der Waals surface area contributed by atoms with Crippen molar-refractivity contribution in [2.75, 3.05) is 51.3 Å². The number of rotatable bonds is 6. The summed E-state index contributed by atoms with van der Waals surface area (Å²) in [5, 5.41) is 3.07. The lowest BCUT2D eigenvalue weighted by Gasteiger charge is -2.34.